The van der Waals surface area contributed by atoms with Crippen molar-refractivity contribution < 1.29 is 9.53 Å². The summed E-state index contributed by atoms with van der Waals surface area (Å²) in [7, 11) is 1.77. The number of cyclic esters (lactones) is 1. The van der Waals surface area contributed by atoms with Gasteiger partial charge in [0.15, 0.2) is 5.65 Å². The largest absolute Gasteiger partial charge is 0.459 e. The van der Waals surface area contributed by atoms with E-state index in [1.165, 1.54) is 0 Å². The summed E-state index contributed by atoms with van der Waals surface area (Å²) in [5, 5.41) is 0. The van der Waals surface area contributed by atoms with Gasteiger partial charge >= 0.3 is 11.7 Å². The van der Waals surface area contributed by atoms with Crippen molar-refractivity contribution in [3.05, 3.63) is 46.4 Å². The van der Waals surface area contributed by atoms with Crippen molar-refractivity contribution in [2.45, 2.75) is 72.6 Å². The summed E-state index contributed by atoms with van der Waals surface area (Å²) < 4.78 is 9.11. The summed E-state index contributed by atoms with van der Waals surface area (Å²) >= 11 is 0. The first kappa shape index (κ1) is 25.5. The molecule has 4 heterocycles. The number of piperidine rings is 1. The Labute approximate surface area is 218 Å². The Balaban J connectivity index is 1.43. The molecule has 0 saturated carbocycles. The Bertz CT molecular complexity index is 1430. The third kappa shape index (κ3) is 4.79. The first-order valence-corrected chi connectivity index (χ1v) is 13.2. The van der Waals surface area contributed by atoms with Crippen LogP contribution in [-0.2, 0) is 29.7 Å². The zero-order valence-corrected chi connectivity index (χ0v) is 22.9. The Hall–Kier alpha value is -3.13. The number of imidazole rings is 1. The molecule has 8 heteroatoms. The summed E-state index contributed by atoms with van der Waals surface area (Å²) in [5.74, 6) is -0.0540. The Morgan fingerprint density at radius 3 is 2.57 bits per heavy atom. The molecule has 2 aromatic heterocycles. The maximum absolute atomic E-state index is 12.9. The van der Waals surface area contributed by atoms with Crippen LogP contribution in [0.3, 0.4) is 0 Å². The maximum Gasteiger partial charge on any atom is 0.330 e. The number of nitrogens with zero attached hydrogens (tertiary/aromatic N) is 4. The van der Waals surface area contributed by atoms with E-state index in [-0.39, 0.29) is 17.1 Å². The number of nitrogens with two attached hydrogens (primary N) is 1. The van der Waals surface area contributed by atoms with Crippen LogP contribution in [0.4, 0.5) is 5.69 Å². The number of hydrogen-bond acceptors (Lipinski definition) is 6. The number of aromatic nitrogens is 3. The average Bonchev–Trinajstić information content (AvgIpc) is 3.16. The lowest BCUT2D eigenvalue weighted by Gasteiger charge is -2.38. The number of esters is 1. The molecule has 2 saturated heterocycles. The van der Waals surface area contributed by atoms with E-state index in [4.69, 9.17) is 15.5 Å². The van der Waals surface area contributed by atoms with Crippen LogP contribution in [0.2, 0.25) is 0 Å². The fraction of sp³-hybridized carbons (Fsp3) is 0.552. The quantitative estimate of drug-likeness (QED) is 0.419. The number of hydrogen-bond donors (Lipinski definition) is 1. The number of aryl methyl sites for hydroxylation is 1. The zero-order chi connectivity index (χ0) is 26.8. The average molecular weight is 506 g/mol. The van der Waals surface area contributed by atoms with Crippen molar-refractivity contribution in [3.63, 3.8) is 0 Å². The van der Waals surface area contributed by atoms with Crippen molar-refractivity contribution in [2.75, 3.05) is 18.8 Å². The van der Waals surface area contributed by atoms with Gasteiger partial charge < -0.3 is 10.5 Å². The van der Waals surface area contributed by atoms with Gasteiger partial charge in [0, 0.05) is 44.4 Å². The fourth-order valence-corrected chi connectivity index (χ4v) is 6.19. The van der Waals surface area contributed by atoms with E-state index in [9.17, 15) is 9.59 Å². The number of carbonyl (C=O) groups is 1. The van der Waals surface area contributed by atoms with Crippen LogP contribution >= 0.6 is 0 Å². The van der Waals surface area contributed by atoms with Gasteiger partial charge in [0.05, 0.1) is 16.6 Å². The van der Waals surface area contributed by atoms with Crippen molar-refractivity contribution >= 4 is 22.8 Å². The van der Waals surface area contributed by atoms with E-state index in [1.807, 2.05) is 38.1 Å². The molecule has 37 heavy (non-hydrogen) atoms. The van der Waals surface area contributed by atoms with E-state index < -0.39 is 11.0 Å². The summed E-state index contributed by atoms with van der Waals surface area (Å²) in [4.78, 5) is 33.0. The van der Waals surface area contributed by atoms with Gasteiger partial charge in [-0.25, -0.2) is 9.78 Å². The summed E-state index contributed by atoms with van der Waals surface area (Å²) in [6.07, 6.45) is 2.63. The molecular formula is C29H39N5O3. The number of anilines is 1. The highest BCUT2D eigenvalue weighted by Gasteiger charge is 2.54. The smallest absolute Gasteiger partial charge is 0.330 e. The molecule has 0 amide bonds. The van der Waals surface area contributed by atoms with Crippen molar-refractivity contribution in [1.82, 2.24) is 19.0 Å². The third-order valence-corrected chi connectivity index (χ3v) is 7.64. The number of pyridine rings is 1. The van der Waals surface area contributed by atoms with E-state index >= 15 is 0 Å². The topological polar surface area (TPSA) is 95.4 Å². The molecule has 8 nitrogen and oxygen atoms in total. The van der Waals surface area contributed by atoms with Gasteiger partial charge in [-0.05, 0) is 68.5 Å². The zero-order valence-electron chi connectivity index (χ0n) is 22.9. The van der Waals surface area contributed by atoms with Gasteiger partial charge in [0.2, 0.25) is 0 Å². The summed E-state index contributed by atoms with van der Waals surface area (Å²) in [5.41, 5.74) is 10.3. The first-order chi connectivity index (χ1) is 17.3. The number of nitrogen functional groups attached to an aromatic ring is 1. The van der Waals surface area contributed by atoms with Crippen LogP contribution in [0.15, 0.2) is 35.1 Å². The monoisotopic (exact) mass is 505 g/mol. The minimum Gasteiger partial charge on any atom is -0.459 e. The molecule has 0 radical (unpaired) electrons. The molecule has 1 spiro atoms. The van der Waals surface area contributed by atoms with Gasteiger partial charge in [0.25, 0.3) is 0 Å². The van der Waals surface area contributed by atoms with Crippen molar-refractivity contribution in [1.29, 1.82) is 0 Å². The van der Waals surface area contributed by atoms with Crippen LogP contribution in [0.1, 0.15) is 59.4 Å². The highest BCUT2D eigenvalue weighted by Crippen LogP contribution is 2.46. The Morgan fingerprint density at radius 1 is 1.14 bits per heavy atom. The first-order valence-electron chi connectivity index (χ1n) is 13.2. The van der Waals surface area contributed by atoms with E-state index in [0.717, 1.165) is 54.7 Å². The number of carbonyl (C=O) groups excluding carboxylic acids is 1. The minimum atomic E-state index is -0.407. The molecule has 2 N–H and O–H groups in total. The number of benzene rings is 1. The maximum atomic E-state index is 12.9. The van der Waals surface area contributed by atoms with Crippen LogP contribution in [0.25, 0.3) is 22.4 Å². The Kier molecular flexibility index (Phi) is 6.01. The number of rotatable bonds is 4. The molecule has 1 aromatic carbocycles. The predicted octanol–water partition coefficient (Wildman–Crippen LogP) is 4.34. The third-order valence-electron chi connectivity index (χ3n) is 7.64. The fourth-order valence-electron chi connectivity index (χ4n) is 6.19. The lowest BCUT2D eigenvalue weighted by atomic mass is 9.75. The highest BCUT2D eigenvalue weighted by molar-refractivity contribution is 5.81. The molecule has 1 atom stereocenters. The van der Waals surface area contributed by atoms with Gasteiger partial charge in [-0.2, -0.15) is 0 Å². The van der Waals surface area contributed by atoms with E-state index in [2.05, 4.69) is 31.7 Å². The lowest BCUT2D eigenvalue weighted by molar-refractivity contribution is -0.154. The molecule has 0 aliphatic carbocycles. The standard InChI is InChI=1S/C29H39N5O3/c1-27(2,3)17-34-23-11-10-22(31-24(23)32(6)26(34)36)20-14-19(8-9-21(20)30)15-33-13-7-12-29(18-33)16-28(4,5)37-25(29)35/h8-11,14H,7,12-13,15-18,30H2,1-6H3. The van der Waals surface area contributed by atoms with E-state index in [1.54, 1.807) is 16.2 Å². The second-order valence-electron chi connectivity index (χ2n) is 12.9. The molecule has 1 unspecified atom stereocenters. The van der Waals surface area contributed by atoms with Crippen molar-refractivity contribution in [2.24, 2.45) is 17.9 Å². The predicted molar refractivity (Wildman–Crippen MR) is 146 cm³/mol. The summed E-state index contributed by atoms with van der Waals surface area (Å²) in [6, 6.07) is 9.98. The normalized spacial score (nSPS) is 22.2. The Morgan fingerprint density at radius 2 is 1.89 bits per heavy atom. The second-order valence-corrected chi connectivity index (χ2v) is 12.9. The van der Waals surface area contributed by atoms with Gasteiger partial charge in [-0.1, -0.05) is 26.8 Å². The second kappa shape index (κ2) is 8.72. The molecule has 3 aromatic rings. The SMILES string of the molecule is Cn1c(=O)n(CC(C)(C)C)c2ccc(-c3cc(CN4CCCC5(C4)CC(C)(C)OC5=O)ccc3N)nc21. The van der Waals surface area contributed by atoms with Crippen LogP contribution in [0, 0.1) is 10.8 Å². The molecule has 2 aliphatic heterocycles. The van der Waals surface area contributed by atoms with E-state index in [0.29, 0.717) is 24.4 Å². The summed E-state index contributed by atoms with van der Waals surface area (Å²) in [6.45, 7) is 13.4. The molecule has 5 rings (SSSR count). The number of ether oxygens (including phenoxy) is 1. The molecule has 2 fully saturated rings. The van der Waals surface area contributed by atoms with Gasteiger partial charge in [-0.3, -0.25) is 18.8 Å². The molecular weight excluding hydrogens is 466 g/mol. The highest BCUT2D eigenvalue weighted by atomic mass is 16.6. The molecule has 198 valence electrons. The van der Waals surface area contributed by atoms with Crippen LogP contribution in [0.5, 0.6) is 0 Å². The minimum absolute atomic E-state index is 0.0342. The van der Waals surface area contributed by atoms with Crippen molar-refractivity contribution in [3.8, 4) is 11.3 Å². The number of likely N-dealkylation sites (tertiary alicyclic amines) is 1. The van der Waals surface area contributed by atoms with Crippen LogP contribution < -0.4 is 11.4 Å². The van der Waals surface area contributed by atoms with Gasteiger partial charge in [0.1, 0.15) is 5.60 Å². The molecule has 2 aliphatic rings. The van der Waals surface area contributed by atoms with Gasteiger partial charge in [-0.15, -0.1) is 0 Å². The molecule has 0 bridgehead atoms. The number of fused-ring (bicyclic) bond motifs is 1. The lowest BCUT2D eigenvalue weighted by Crippen LogP contribution is -2.45. The van der Waals surface area contributed by atoms with Crippen LogP contribution in [-0.4, -0.2) is 43.7 Å².